The van der Waals surface area contributed by atoms with Gasteiger partial charge in [-0.3, -0.25) is 4.79 Å². The maximum Gasteiger partial charge on any atom is 0.273 e. The van der Waals surface area contributed by atoms with Crippen molar-refractivity contribution in [3.63, 3.8) is 0 Å². The molecule has 1 unspecified atom stereocenters. The maximum absolute atomic E-state index is 13.0. The first-order valence-corrected chi connectivity index (χ1v) is 12.5. The predicted octanol–water partition coefficient (Wildman–Crippen LogP) is 4.48. The van der Waals surface area contributed by atoms with Gasteiger partial charge in [0, 0.05) is 37.5 Å². The molecule has 1 amide bonds. The van der Waals surface area contributed by atoms with Gasteiger partial charge in [-0.1, -0.05) is 6.92 Å². The molecular weight excluding hydrogens is 420 g/mol. The average Bonchev–Trinajstić information content (AvgIpc) is 3.49. The van der Waals surface area contributed by atoms with E-state index in [2.05, 4.69) is 42.8 Å². The topological polar surface area (TPSA) is 69.5 Å². The summed E-state index contributed by atoms with van der Waals surface area (Å²) in [4.78, 5) is 21.5. The molecule has 168 valence electrons. The lowest BCUT2D eigenvalue weighted by Gasteiger charge is -2.43. The van der Waals surface area contributed by atoms with Crippen molar-refractivity contribution in [2.45, 2.75) is 70.6 Å². The second-order valence-corrected chi connectivity index (χ2v) is 10.5. The van der Waals surface area contributed by atoms with E-state index in [0.29, 0.717) is 24.8 Å². The molecule has 1 aromatic heterocycles. The molecule has 2 aromatic rings. The van der Waals surface area contributed by atoms with E-state index in [9.17, 15) is 10.1 Å². The summed E-state index contributed by atoms with van der Waals surface area (Å²) in [5.41, 5.74) is 7.63. The summed E-state index contributed by atoms with van der Waals surface area (Å²) in [5.74, 6) is 0.607. The minimum atomic E-state index is -0.261. The fraction of sp³-hybridized carbons (Fsp3) is 0.560. The van der Waals surface area contributed by atoms with Crippen LogP contribution in [0.2, 0.25) is 0 Å². The van der Waals surface area contributed by atoms with Crippen molar-refractivity contribution in [2.75, 3.05) is 24.5 Å². The fourth-order valence-corrected chi connectivity index (χ4v) is 5.71. The molecule has 5 rings (SSSR count). The maximum atomic E-state index is 13.0. The number of thiazole rings is 1. The number of rotatable bonds is 4. The molecule has 32 heavy (non-hydrogen) atoms. The molecule has 1 saturated carbocycles. The number of piperazine rings is 1. The van der Waals surface area contributed by atoms with Gasteiger partial charge in [-0.2, -0.15) is 5.26 Å². The van der Waals surface area contributed by atoms with Crippen LogP contribution in [0.3, 0.4) is 0 Å². The van der Waals surface area contributed by atoms with Crippen molar-refractivity contribution in [1.82, 2.24) is 9.88 Å². The highest BCUT2D eigenvalue weighted by Crippen LogP contribution is 2.47. The third-order valence-corrected chi connectivity index (χ3v) is 7.70. The van der Waals surface area contributed by atoms with Gasteiger partial charge in [-0.25, -0.2) is 4.98 Å². The van der Waals surface area contributed by atoms with Crippen molar-refractivity contribution in [3.05, 3.63) is 44.9 Å². The highest BCUT2D eigenvalue weighted by atomic mass is 32.1. The summed E-state index contributed by atoms with van der Waals surface area (Å²) in [6, 6.07) is 4.91. The SMILES string of the molecule is CCC1CN(c2cc(C3CC3)c3c(c2C#N)CC(C)(C)OC3)CCN1C(=O)c1cscn1. The van der Waals surface area contributed by atoms with Crippen LogP contribution in [-0.4, -0.2) is 47.1 Å². The first-order chi connectivity index (χ1) is 15.4. The molecule has 6 nitrogen and oxygen atoms in total. The van der Waals surface area contributed by atoms with E-state index in [4.69, 9.17) is 4.74 Å². The number of benzene rings is 1. The van der Waals surface area contributed by atoms with E-state index in [0.717, 1.165) is 37.2 Å². The highest BCUT2D eigenvalue weighted by Gasteiger charge is 2.37. The molecule has 1 aromatic carbocycles. The Hall–Kier alpha value is -2.43. The molecule has 0 bridgehead atoms. The molecule has 0 N–H and O–H groups in total. The molecule has 2 aliphatic heterocycles. The summed E-state index contributed by atoms with van der Waals surface area (Å²) in [6.07, 6.45) is 4.07. The second-order valence-electron chi connectivity index (χ2n) is 9.81. The van der Waals surface area contributed by atoms with Gasteiger partial charge in [0.2, 0.25) is 0 Å². The number of carbonyl (C=O) groups is 1. The first-order valence-electron chi connectivity index (χ1n) is 11.6. The van der Waals surface area contributed by atoms with Crippen molar-refractivity contribution >= 4 is 22.9 Å². The van der Waals surface area contributed by atoms with Crippen LogP contribution in [0.5, 0.6) is 0 Å². The summed E-state index contributed by atoms with van der Waals surface area (Å²) in [6.45, 7) is 9.05. The molecule has 1 atom stereocenters. The first kappa shape index (κ1) is 21.4. The van der Waals surface area contributed by atoms with Gasteiger partial charge >= 0.3 is 0 Å². The van der Waals surface area contributed by atoms with E-state index >= 15 is 0 Å². The van der Waals surface area contributed by atoms with Gasteiger partial charge in [-0.05, 0) is 61.8 Å². The molecule has 0 spiro atoms. The Morgan fingerprint density at radius 3 is 2.81 bits per heavy atom. The standard InChI is InChI=1S/C25H30N4O2S/c1-4-17-12-28(7-8-29(17)24(30)22-14-32-15-27-22)23-9-18(16-5-6-16)21-13-31-25(2,3)10-19(21)20(23)11-26/h9,14-17H,4-8,10,12-13H2,1-3H3. The minimum absolute atomic E-state index is 0.0151. The number of carbonyl (C=O) groups excluding carboxylic acids is 1. The van der Waals surface area contributed by atoms with E-state index in [1.54, 1.807) is 5.51 Å². The number of ether oxygens (including phenoxy) is 1. The summed E-state index contributed by atoms with van der Waals surface area (Å²) in [7, 11) is 0. The Morgan fingerprint density at radius 2 is 2.16 bits per heavy atom. The zero-order valence-electron chi connectivity index (χ0n) is 19.1. The Kier molecular flexibility index (Phi) is 5.47. The van der Waals surface area contributed by atoms with Gasteiger partial charge in [-0.15, -0.1) is 11.3 Å². The van der Waals surface area contributed by atoms with Crippen LogP contribution in [0, 0.1) is 11.3 Å². The van der Waals surface area contributed by atoms with Crippen molar-refractivity contribution in [1.29, 1.82) is 5.26 Å². The average molecular weight is 451 g/mol. The van der Waals surface area contributed by atoms with Crippen molar-refractivity contribution in [2.24, 2.45) is 0 Å². The normalized spacial score (nSPS) is 22.4. The van der Waals surface area contributed by atoms with Crippen LogP contribution < -0.4 is 4.90 Å². The number of hydrogen-bond acceptors (Lipinski definition) is 6. The van der Waals surface area contributed by atoms with Crippen LogP contribution in [-0.2, 0) is 17.8 Å². The Balaban J connectivity index is 1.49. The zero-order chi connectivity index (χ0) is 22.5. The summed E-state index contributed by atoms with van der Waals surface area (Å²) < 4.78 is 6.13. The van der Waals surface area contributed by atoms with Crippen LogP contribution in [0.1, 0.15) is 78.7 Å². The predicted molar refractivity (Wildman–Crippen MR) is 125 cm³/mol. The lowest BCUT2D eigenvalue weighted by Crippen LogP contribution is -2.55. The number of anilines is 1. The molecule has 1 aliphatic carbocycles. The summed E-state index contributed by atoms with van der Waals surface area (Å²) >= 11 is 1.45. The molecule has 0 radical (unpaired) electrons. The van der Waals surface area contributed by atoms with Gasteiger partial charge < -0.3 is 14.5 Å². The van der Waals surface area contributed by atoms with E-state index < -0.39 is 0 Å². The van der Waals surface area contributed by atoms with Crippen LogP contribution in [0.15, 0.2) is 17.0 Å². The Morgan fingerprint density at radius 1 is 1.34 bits per heavy atom. The fourth-order valence-electron chi connectivity index (χ4n) is 5.19. The third-order valence-electron chi connectivity index (χ3n) is 7.11. The molecule has 3 heterocycles. The van der Waals surface area contributed by atoms with Gasteiger partial charge in [0.15, 0.2) is 0 Å². The Labute approximate surface area is 193 Å². The molecular formula is C25H30N4O2S. The van der Waals surface area contributed by atoms with Crippen LogP contribution in [0.25, 0.3) is 0 Å². The van der Waals surface area contributed by atoms with Crippen molar-refractivity contribution in [3.8, 4) is 6.07 Å². The molecule has 1 saturated heterocycles. The minimum Gasteiger partial charge on any atom is -0.371 e. The number of amides is 1. The number of nitriles is 1. The number of hydrogen-bond donors (Lipinski definition) is 0. The Bertz CT molecular complexity index is 1070. The lowest BCUT2D eigenvalue weighted by atomic mass is 9.84. The number of nitrogens with zero attached hydrogens (tertiary/aromatic N) is 4. The third kappa shape index (κ3) is 3.80. The van der Waals surface area contributed by atoms with E-state index in [1.165, 1.54) is 40.9 Å². The van der Waals surface area contributed by atoms with Gasteiger partial charge in [0.1, 0.15) is 11.8 Å². The number of fused-ring (bicyclic) bond motifs is 1. The largest absolute Gasteiger partial charge is 0.371 e. The number of aromatic nitrogens is 1. The summed E-state index contributed by atoms with van der Waals surface area (Å²) in [5, 5.41) is 12.0. The zero-order valence-corrected chi connectivity index (χ0v) is 19.9. The van der Waals surface area contributed by atoms with Crippen LogP contribution in [0.4, 0.5) is 5.69 Å². The molecule has 7 heteroatoms. The molecule has 2 fully saturated rings. The van der Waals surface area contributed by atoms with Crippen LogP contribution >= 0.6 is 11.3 Å². The van der Waals surface area contributed by atoms with E-state index in [-0.39, 0.29) is 17.6 Å². The monoisotopic (exact) mass is 450 g/mol. The smallest absolute Gasteiger partial charge is 0.273 e. The van der Waals surface area contributed by atoms with Gasteiger partial charge in [0.05, 0.1) is 29.0 Å². The highest BCUT2D eigenvalue weighted by molar-refractivity contribution is 7.07. The second kappa shape index (κ2) is 8.17. The quantitative estimate of drug-likeness (QED) is 0.687. The lowest BCUT2D eigenvalue weighted by molar-refractivity contribution is -0.0405. The van der Waals surface area contributed by atoms with Crippen molar-refractivity contribution < 1.29 is 9.53 Å². The molecule has 3 aliphatic rings. The van der Waals surface area contributed by atoms with Gasteiger partial charge in [0.25, 0.3) is 5.91 Å². The van der Waals surface area contributed by atoms with E-state index in [1.807, 2.05) is 10.3 Å².